The van der Waals surface area contributed by atoms with Gasteiger partial charge in [0.25, 0.3) is 5.91 Å². The molecule has 29 heavy (non-hydrogen) atoms. The van der Waals surface area contributed by atoms with Gasteiger partial charge in [-0.2, -0.15) is 5.10 Å². The zero-order valence-electron chi connectivity index (χ0n) is 16.7. The van der Waals surface area contributed by atoms with Crippen molar-refractivity contribution in [3.63, 3.8) is 0 Å². The molecule has 7 nitrogen and oxygen atoms in total. The molecule has 2 heterocycles. The van der Waals surface area contributed by atoms with E-state index in [1.165, 1.54) is 17.0 Å². The SMILES string of the molecule is Cc1nn(-c2ccc(F)cc2F)c(C)c1C(=O)N1CCN(CCS(C)(=O)=O)CC1. The summed E-state index contributed by atoms with van der Waals surface area (Å²) in [4.78, 5) is 16.8. The third-order valence-corrected chi connectivity index (χ3v) is 6.01. The first-order chi connectivity index (χ1) is 13.6. The predicted octanol–water partition coefficient (Wildman–Crippen LogP) is 1.57. The van der Waals surface area contributed by atoms with Crippen LogP contribution in [0.25, 0.3) is 5.69 Å². The molecule has 10 heteroatoms. The van der Waals surface area contributed by atoms with Crippen LogP contribution in [0.2, 0.25) is 0 Å². The van der Waals surface area contributed by atoms with Gasteiger partial charge in [-0.15, -0.1) is 0 Å². The number of carbonyl (C=O) groups excluding carboxylic acids is 1. The minimum atomic E-state index is -3.02. The van der Waals surface area contributed by atoms with Gasteiger partial charge in [-0.3, -0.25) is 9.69 Å². The smallest absolute Gasteiger partial charge is 0.257 e. The molecule has 1 saturated heterocycles. The zero-order chi connectivity index (χ0) is 21.3. The molecule has 0 saturated carbocycles. The molecule has 0 N–H and O–H groups in total. The van der Waals surface area contributed by atoms with E-state index in [1.54, 1.807) is 18.7 Å². The van der Waals surface area contributed by atoms with Crippen molar-refractivity contribution in [2.45, 2.75) is 13.8 Å². The lowest BCUT2D eigenvalue weighted by molar-refractivity contribution is 0.0642. The predicted molar refractivity (Wildman–Crippen MR) is 105 cm³/mol. The van der Waals surface area contributed by atoms with Crippen LogP contribution in [-0.2, 0) is 9.84 Å². The number of halogens is 2. The molecule has 1 aromatic carbocycles. The van der Waals surface area contributed by atoms with E-state index in [4.69, 9.17) is 0 Å². The second-order valence-corrected chi connectivity index (χ2v) is 9.58. The zero-order valence-corrected chi connectivity index (χ0v) is 17.5. The first kappa shape index (κ1) is 21.4. The summed E-state index contributed by atoms with van der Waals surface area (Å²) in [5, 5.41) is 4.29. The van der Waals surface area contributed by atoms with Crippen molar-refractivity contribution in [2.24, 2.45) is 0 Å². The number of piperazine rings is 1. The molecular formula is C19H24F2N4O3S. The number of rotatable bonds is 5. The van der Waals surface area contributed by atoms with Gasteiger partial charge >= 0.3 is 0 Å². The molecule has 1 aliphatic heterocycles. The second-order valence-electron chi connectivity index (χ2n) is 7.32. The summed E-state index contributed by atoms with van der Waals surface area (Å²) in [5.41, 5.74) is 1.43. The molecule has 158 valence electrons. The number of aromatic nitrogens is 2. The molecule has 1 amide bonds. The number of hydrogen-bond donors (Lipinski definition) is 0. The number of benzene rings is 1. The Hall–Kier alpha value is -2.33. The average Bonchev–Trinajstić information content (AvgIpc) is 2.93. The summed E-state index contributed by atoms with van der Waals surface area (Å²) < 4.78 is 51.3. The van der Waals surface area contributed by atoms with Gasteiger partial charge in [-0.05, 0) is 26.0 Å². The van der Waals surface area contributed by atoms with Crippen molar-refractivity contribution in [1.82, 2.24) is 19.6 Å². The van der Waals surface area contributed by atoms with Gasteiger partial charge in [0.15, 0.2) is 5.82 Å². The van der Waals surface area contributed by atoms with Crippen molar-refractivity contribution in [3.8, 4) is 5.69 Å². The largest absolute Gasteiger partial charge is 0.336 e. The number of aryl methyl sites for hydroxylation is 1. The third-order valence-electron chi connectivity index (χ3n) is 5.08. The Balaban J connectivity index is 1.75. The fourth-order valence-corrected chi connectivity index (χ4v) is 4.06. The van der Waals surface area contributed by atoms with Crippen LogP contribution < -0.4 is 0 Å². The molecule has 0 atom stereocenters. The van der Waals surface area contributed by atoms with Crippen LogP contribution in [0.3, 0.4) is 0 Å². The lowest BCUT2D eigenvalue weighted by atomic mass is 10.1. The topological polar surface area (TPSA) is 75.5 Å². The van der Waals surface area contributed by atoms with E-state index in [0.717, 1.165) is 12.1 Å². The molecule has 0 spiro atoms. The van der Waals surface area contributed by atoms with E-state index in [2.05, 4.69) is 5.10 Å². The summed E-state index contributed by atoms with van der Waals surface area (Å²) in [6, 6.07) is 3.22. The number of nitrogens with zero attached hydrogens (tertiary/aromatic N) is 4. The highest BCUT2D eigenvalue weighted by atomic mass is 32.2. The van der Waals surface area contributed by atoms with Crippen LogP contribution in [-0.4, -0.2) is 78.6 Å². The van der Waals surface area contributed by atoms with Gasteiger partial charge in [0.2, 0.25) is 0 Å². The lowest BCUT2D eigenvalue weighted by Crippen LogP contribution is -2.49. The Morgan fingerprint density at radius 3 is 2.38 bits per heavy atom. The molecule has 1 fully saturated rings. The summed E-state index contributed by atoms with van der Waals surface area (Å²) >= 11 is 0. The van der Waals surface area contributed by atoms with Crippen molar-refractivity contribution in [1.29, 1.82) is 0 Å². The monoisotopic (exact) mass is 426 g/mol. The van der Waals surface area contributed by atoms with Gasteiger partial charge < -0.3 is 4.90 Å². The van der Waals surface area contributed by atoms with Gasteiger partial charge in [0, 0.05) is 45.0 Å². The maximum atomic E-state index is 14.2. The summed E-state index contributed by atoms with van der Waals surface area (Å²) in [6.45, 7) is 5.91. The molecular weight excluding hydrogens is 402 g/mol. The normalized spacial score (nSPS) is 15.7. The molecule has 0 aliphatic carbocycles. The number of sulfone groups is 1. The summed E-state index contributed by atoms with van der Waals surface area (Å²) in [7, 11) is -3.02. The highest BCUT2D eigenvalue weighted by Crippen LogP contribution is 2.22. The molecule has 0 unspecified atom stereocenters. The first-order valence-corrected chi connectivity index (χ1v) is 11.3. The minimum Gasteiger partial charge on any atom is -0.336 e. The van der Waals surface area contributed by atoms with Gasteiger partial charge in [0.05, 0.1) is 22.7 Å². The Kier molecular flexibility index (Phi) is 6.04. The molecule has 0 radical (unpaired) electrons. The van der Waals surface area contributed by atoms with E-state index in [-0.39, 0.29) is 17.3 Å². The molecule has 1 aliphatic rings. The summed E-state index contributed by atoms with van der Waals surface area (Å²) in [5.74, 6) is -1.54. The van der Waals surface area contributed by atoms with Gasteiger partial charge in [0.1, 0.15) is 21.3 Å². The van der Waals surface area contributed by atoms with Crippen LogP contribution in [0, 0.1) is 25.5 Å². The molecule has 0 bridgehead atoms. The fraction of sp³-hybridized carbons (Fsp3) is 0.474. The molecule has 3 rings (SSSR count). The molecule has 1 aromatic heterocycles. The second kappa shape index (κ2) is 8.19. The standard InChI is InChI=1S/C19H24F2N4O3S/c1-13-18(14(2)25(22-13)17-5-4-15(20)12-16(17)21)19(26)24-8-6-23(7-9-24)10-11-29(3,27)28/h4-5,12H,6-11H2,1-3H3. The Labute approximate surface area is 168 Å². The summed E-state index contributed by atoms with van der Waals surface area (Å²) in [6.07, 6.45) is 1.21. The van der Waals surface area contributed by atoms with Crippen molar-refractivity contribution >= 4 is 15.7 Å². The van der Waals surface area contributed by atoms with Crippen LogP contribution in [0.15, 0.2) is 18.2 Å². The quantitative estimate of drug-likeness (QED) is 0.726. The first-order valence-electron chi connectivity index (χ1n) is 9.28. The van der Waals surface area contributed by atoms with E-state index >= 15 is 0 Å². The van der Waals surface area contributed by atoms with E-state index in [1.807, 2.05) is 4.90 Å². The maximum Gasteiger partial charge on any atom is 0.257 e. The Bertz CT molecular complexity index is 1030. The number of hydrogen-bond acceptors (Lipinski definition) is 5. The van der Waals surface area contributed by atoms with E-state index in [9.17, 15) is 22.0 Å². The minimum absolute atomic E-state index is 0.0802. The Morgan fingerprint density at radius 2 is 1.79 bits per heavy atom. The number of amides is 1. The van der Waals surface area contributed by atoms with Gasteiger partial charge in [-0.25, -0.2) is 21.9 Å². The van der Waals surface area contributed by atoms with Crippen LogP contribution >= 0.6 is 0 Å². The van der Waals surface area contributed by atoms with Crippen molar-refractivity contribution in [2.75, 3.05) is 44.7 Å². The van der Waals surface area contributed by atoms with Crippen LogP contribution in [0.1, 0.15) is 21.7 Å². The highest BCUT2D eigenvalue weighted by Gasteiger charge is 2.28. The Morgan fingerprint density at radius 1 is 1.14 bits per heavy atom. The average molecular weight is 426 g/mol. The fourth-order valence-electron chi connectivity index (χ4n) is 3.47. The van der Waals surface area contributed by atoms with Gasteiger partial charge in [-0.1, -0.05) is 0 Å². The van der Waals surface area contributed by atoms with E-state index < -0.39 is 21.5 Å². The van der Waals surface area contributed by atoms with E-state index in [0.29, 0.717) is 49.7 Å². The maximum absolute atomic E-state index is 14.2. The third kappa shape index (κ3) is 4.81. The number of carbonyl (C=O) groups is 1. The van der Waals surface area contributed by atoms with Crippen LogP contribution in [0.4, 0.5) is 8.78 Å². The van der Waals surface area contributed by atoms with Crippen molar-refractivity contribution < 1.29 is 22.0 Å². The highest BCUT2D eigenvalue weighted by molar-refractivity contribution is 7.90. The lowest BCUT2D eigenvalue weighted by Gasteiger charge is -2.34. The molecule has 2 aromatic rings. The van der Waals surface area contributed by atoms with Crippen LogP contribution in [0.5, 0.6) is 0 Å². The van der Waals surface area contributed by atoms with Crippen molar-refractivity contribution in [3.05, 3.63) is 46.8 Å².